The third kappa shape index (κ3) is 2.26. The predicted molar refractivity (Wildman–Crippen MR) is 75.1 cm³/mol. The fraction of sp³-hybridized carbons (Fsp3) is 0.625. The zero-order valence-corrected chi connectivity index (χ0v) is 11.2. The first kappa shape index (κ1) is 12.0. The van der Waals surface area contributed by atoms with Gasteiger partial charge in [-0.15, -0.1) is 0 Å². The zero-order valence-electron chi connectivity index (χ0n) is 11.2. The number of aliphatic hydroxyl groups is 1. The predicted octanol–water partition coefficient (Wildman–Crippen LogP) is 2.77. The SMILES string of the molecule is CC(O)Cc1cccc2c1N(CC1CCC1)CC2. The molecule has 1 N–H and O–H groups in total. The van der Waals surface area contributed by atoms with E-state index < -0.39 is 0 Å². The lowest BCUT2D eigenvalue weighted by Crippen LogP contribution is -2.31. The molecule has 0 saturated heterocycles. The average molecular weight is 245 g/mol. The van der Waals surface area contributed by atoms with E-state index in [9.17, 15) is 5.11 Å². The molecule has 1 aromatic rings. The van der Waals surface area contributed by atoms with E-state index >= 15 is 0 Å². The Morgan fingerprint density at radius 3 is 2.89 bits per heavy atom. The van der Waals surface area contributed by atoms with Crippen LogP contribution in [0.1, 0.15) is 37.3 Å². The fourth-order valence-electron chi connectivity index (χ4n) is 3.27. The number of fused-ring (bicyclic) bond motifs is 1. The molecular formula is C16H23NO. The summed E-state index contributed by atoms with van der Waals surface area (Å²) in [6, 6.07) is 6.58. The van der Waals surface area contributed by atoms with Crippen molar-refractivity contribution >= 4 is 5.69 Å². The molecule has 18 heavy (non-hydrogen) atoms. The van der Waals surface area contributed by atoms with Gasteiger partial charge in [-0.2, -0.15) is 0 Å². The monoisotopic (exact) mass is 245 g/mol. The molecular weight excluding hydrogens is 222 g/mol. The number of aliphatic hydroxyl groups excluding tert-OH is 1. The van der Waals surface area contributed by atoms with E-state index in [-0.39, 0.29) is 6.10 Å². The van der Waals surface area contributed by atoms with Gasteiger partial charge in [-0.05, 0) is 43.2 Å². The Labute approximate surface area is 110 Å². The molecule has 0 radical (unpaired) electrons. The van der Waals surface area contributed by atoms with E-state index in [1.165, 1.54) is 55.6 Å². The molecule has 1 fully saturated rings. The summed E-state index contributed by atoms with van der Waals surface area (Å²) in [5.74, 6) is 0.913. The van der Waals surface area contributed by atoms with Crippen molar-refractivity contribution in [2.45, 2.75) is 45.1 Å². The molecule has 0 spiro atoms. The summed E-state index contributed by atoms with van der Waals surface area (Å²) >= 11 is 0. The first-order valence-corrected chi connectivity index (χ1v) is 7.28. The van der Waals surface area contributed by atoms with Gasteiger partial charge >= 0.3 is 0 Å². The van der Waals surface area contributed by atoms with E-state index in [0.717, 1.165) is 12.3 Å². The molecule has 1 unspecified atom stereocenters. The quantitative estimate of drug-likeness (QED) is 0.881. The molecule has 0 bridgehead atoms. The van der Waals surface area contributed by atoms with Crippen LogP contribution in [0.15, 0.2) is 18.2 Å². The Hall–Kier alpha value is -1.02. The van der Waals surface area contributed by atoms with Crippen molar-refractivity contribution in [1.82, 2.24) is 0 Å². The standard InChI is InChI=1S/C16H23NO/c1-12(18)10-15-7-3-6-14-8-9-17(16(14)15)11-13-4-2-5-13/h3,6-7,12-13,18H,2,4-5,8-11H2,1H3. The van der Waals surface area contributed by atoms with Crippen LogP contribution in [0.2, 0.25) is 0 Å². The van der Waals surface area contributed by atoms with Gasteiger partial charge in [-0.3, -0.25) is 0 Å². The third-order valence-electron chi connectivity index (χ3n) is 4.39. The maximum absolute atomic E-state index is 9.64. The molecule has 2 nitrogen and oxygen atoms in total. The number of hydrogen-bond donors (Lipinski definition) is 1. The molecule has 0 aromatic heterocycles. The average Bonchev–Trinajstić information content (AvgIpc) is 2.67. The lowest BCUT2D eigenvalue weighted by atomic mass is 9.85. The van der Waals surface area contributed by atoms with Crippen LogP contribution in [0.5, 0.6) is 0 Å². The Bertz CT molecular complexity index is 423. The van der Waals surface area contributed by atoms with Crippen molar-refractivity contribution in [2.75, 3.05) is 18.0 Å². The van der Waals surface area contributed by atoms with Crippen LogP contribution >= 0.6 is 0 Å². The fourth-order valence-corrected chi connectivity index (χ4v) is 3.27. The normalized spacial score (nSPS) is 20.7. The number of anilines is 1. The van der Waals surface area contributed by atoms with E-state index in [1.54, 1.807) is 0 Å². The Kier molecular flexibility index (Phi) is 3.29. The third-order valence-corrected chi connectivity index (χ3v) is 4.39. The second kappa shape index (κ2) is 4.93. The summed E-state index contributed by atoms with van der Waals surface area (Å²) in [5.41, 5.74) is 4.25. The molecule has 2 heteroatoms. The maximum atomic E-state index is 9.64. The van der Waals surface area contributed by atoms with Crippen LogP contribution in [0.4, 0.5) is 5.69 Å². The molecule has 1 heterocycles. The Morgan fingerprint density at radius 1 is 1.39 bits per heavy atom. The van der Waals surface area contributed by atoms with Crippen LogP contribution < -0.4 is 4.90 Å². The highest BCUT2D eigenvalue weighted by Crippen LogP contribution is 2.36. The highest BCUT2D eigenvalue weighted by atomic mass is 16.3. The summed E-state index contributed by atoms with van der Waals surface area (Å²) in [6.45, 7) is 4.27. The van der Waals surface area contributed by atoms with Gasteiger partial charge in [-0.25, -0.2) is 0 Å². The van der Waals surface area contributed by atoms with Gasteiger partial charge < -0.3 is 10.0 Å². The summed E-state index contributed by atoms with van der Waals surface area (Å²) in [5, 5.41) is 9.64. The van der Waals surface area contributed by atoms with E-state index in [0.29, 0.717) is 0 Å². The summed E-state index contributed by atoms with van der Waals surface area (Å²) in [7, 11) is 0. The maximum Gasteiger partial charge on any atom is 0.0553 e. The van der Waals surface area contributed by atoms with E-state index in [2.05, 4.69) is 23.1 Å². The highest BCUT2D eigenvalue weighted by molar-refractivity contribution is 5.63. The van der Waals surface area contributed by atoms with Crippen LogP contribution in [-0.4, -0.2) is 24.3 Å². The van der Waals surface area contributed by atoms with Gasteiger partial charge in [0.25, 0.3) is 0 Å². The number of rotatable bonds is 4. The lowest BCUT2D eigenvalue weighted by molar-refractivity contribution is 0.195. The van der Waals surface area contributed by atoms with Crippen molar-refractivity contribution in [3.8, 4) is 0 Å². The van der Waals surface area contributed by atoms with Gasteiger partial charge in [-0.1, -0.05) is 24.6 Å². The van der Waals surface area contributed by atoms with E-state index in [1.807, 2.05) is 6.92 Å². The first-order chi connectivity index (χ1) is 8.74. The Morgan fingerprint density at radius 2 is 2.22 bits per heavy atom. The molecule has 2 aliphatic rings. The molecule has 0 amide bonds. The van der Waals surface area contributed by atoms with Gasteiger partial charge in [0.05, 0.1) is 6.10 Å². The van der Waals surface area contributed by atoms with Crippen LogP contribution in [0.25, 0.3) is 0 Å². The zero-order chi connectivity index (χ0) is 12.5. The van der Waals surface area contributed by atoms with Gasteiger partial charge in [0.15, 0.2) is 0 Å². The second-order valence-corrected chi connectivity index (χ2v) is 5.97. The molecule has 1 atom stereocenters. The minimum atomic E-state index is -0.248. The topological polar surface area (TPSA) is 23.5 Å². The van der Waals surface area contributed by atoms with Crippen LogP contribution in [0.3, 0.4) is 0 Å². The van der Waals surface area contributed by atoms with Gasteiger partial charge in [0.1, 0.15) is 0 Å². The van der Waals surface area contributed by atoms with Crippen LogP contribution in [0, 0.1) is 5.92 Å². The summed E-state index contributed by atoms with van der Waals surface area (Å²) < 4.78 is 0. The summed E-state index contributed by atoms with van der Waals surface area (Å²) in [4.78, 5) is 2.57. The van der Waals surface area contributed by atoms with Crippen molar-refractivity contribution in [3.05, 3.63) is 29.3 Å². The van der Waals surface area contributed by atoms with Crippen molar-refractivity contribution in [2.24, 2.45) is 5.92 Å². The minimum absolute atomic E-state index is 0.248. The highest BCUT2D eigenvalue weighted by Gasteiger charge is 2.27. The molecule has 1 saturated carbocycles. The molecule has 3 rings (SSSR count). The molecule has 1 aromatic carbocycles. The number of hydrogen-bond acceptors (Lipinski definition) is 2. The number of nitrogens with zero attached hydrogens (tertiary/aromatic N) is 1. The van der Waals surface area contributed by atoms with Crippen molar-refractivity contribution < 1.29 is 5.11 Å². The first-order valence-electron chi connectivity index (χ1n) is 7.28. The molecule has 1 aliphatic heterocycles. The minimum Gasteiger partial charge on any atom is -0.393 e. The summed E-state index contributed by atoms with van der Waals surface area (Å²) in [6.07, 6.45) is 5.94. The lowest BCUT2D eigenvalue weighted by Gasteiger charge is -2.32. The molecule has 98 valence electrons. The van der Waals surface area contributed by atoms with Gasteiger partial charge in [0.2, 0.25) is 0 Å². The van der Waals surface area contributed by atoms with E-state index in [4.69, 9.17) is 0 Å². The van der Waals surface area contributed by atoms with Gasteiger partial charge in [0, 0.05) is 25.2 Å². The molecule has 1 aliphatic carbocycles. The van der Waals surface area contributed by atoms with Crippen molar-refractivity contribution in [3.63, 3.8) is 0 Å². The Balaban J connectivity index is 1.82. The number of para-hydroxylation sites is 1. The van der Waals surface area contributed by atoms with Crippen molar-refractivity contribution in [1.29, 1.82) is 0 Å². The number of benzene rings is 1. The van der Waals surface area contributed by atoms with Crippen LogP contribution in [-0.2, 0) is 12.8 Å². The smallest absolute Gasteiger partial charge is 0.0553 e. The largest absolute Gasteiger partial charge is 0.393 e. The second-order valence-electron chi connectivity index (χ2n) is 5.97.